The number of hydrogen-bond acceptors (Lipinski definition) is 5. The number of benzene rings is 1. The van der Waals surface area contributed by atoms with Gasteiger partial charge in [0.25, 0.3) is 0 Å². The highest BCUT2D eigenvalue weighted by atomic mass is 32.1. The van der Waals surface area contributed by atoms with E-state index in [1.54, 1.807) is 14.2 Å². The maximum absolute atomic E-state index is 12.9. The molecule has 1 aromatic heterocycles. The van der Waals surface area contributed by atoms with Gasteiger partial charge in [-0.1, -0.05) is 6.07 Å². The second-order valence-corrected chi connectivity index (χ2v) is 9.06. The van der Waals surface area contributed by atoms with Crippen LogP contribution < -0.4 is 9.47 Å². The molecule has 2 aromatic rings. The first kappa shape index (κ1) is 20.2. The van der Waals surface area contributed by atoms with Gasteiger partial charge in [0.15, 0.2) is 11.5 Å². The molecule has 0 aliphatic carbocycles. The molecular weight excluding hydrogens is 384 g/mol. The molecule has 2 aliphatic heterocycles. The quantitative estimate of drug-likeness (QED) is 0.698. The molecule has 1 aromatic carbocycles. The molecule has 0 spiro atoms. The Morgan fingerprint density at radius 3 is 2.66 bits per heavy atom. The summed E-state index contributed by atoms with van der Waals surface area (Å²) in [7, 11) is 3.29. The van der Waals surface area contributed by atoms with Crippen LogP contribution in [0.25, 0.3) is 0 Å². The van der Waals surface area contributed by atoms with Crippen molar-refractivity contribution in [3.05, 3.63) is 45.6 Å². The third-order valence-corrected chi connectivity index (χ3v) is 7.09. The van der Waals surface area contributed by atoms with Crippen molar-refractivity contribution in [2.75, 3.05) is 46.9 Å². The van der Waals surface area contributed by atoms with Crippen LogP contribution in [0.5, 0.6) is 11.5 Å². The third kappa shape index (κ3) is 4.75. The molecule has 29 heavy (non-hydrogen) atoms. The number of amides is 1. The van der Waals surface area contributed by atoms with Crippen LogP contribution in [0.2, 0.25) is 0 Å². The maximum atomic E-state index is 12.9. The van der Waals surface area contributed by atoms with Crippen LogP contribution in [0, 0.1) is 5.92 Å². The Hall–Kier alpha value is -2.05. The molecule has 1 fully saturated rings. The summed E-state index contributed by atoms with van der Waals surface area (Å²) < 4.78 is 10.9. The first-order valence-electron chi connectivity index (χ1n) is 10.4. The van der Waals surface area contributed by atoms with E-state index in [-0.39, 0.29) is 5.91 Å². The highest BCUT2D eigenvalue weighted by molar-refractivity contribution is 7.09. The minimum Gasteiger partial charge on any atom is -0.493 e. The Kier molecular flexibility index (Phi) is 6.40. The zero-order valence-electron chi connectivity index (χ0n) is 17.4. The summed E-state index contributed by atoms with van der Waals surface area (Å²) in [6.45, 7) is 5.02. The lowest BCUT2D eigenvalue weighted by molar-refractivity contribution is -0.130. The summed E-state index contributed by atoms with van der Waals surface area (Å²) in [6, 6.07) is 8.35. The second kappa shape index (κ2) is 9.18. The van der Waals surface area contributed by atoms with Gasteiger partial charge in [-0.3, -0.25) is 4.79 Å². The van der Waals surface area contributed by atoms with Crippen molar-refractivity contribution in [3.63, 3.8) is 0 Å². The minimum atomic E-state index is 0.230. The first-order valence-corrected chi connectivity index (χ1v) is 11.3. The Bertz CT molecular complexity index is 837. The van der Waals surface area contributed by atoms with Crippen LogP contribution in [0.15, 0.2) is 29.6 Å². The minimum absolute atomic E-state index is 0.230. The topological polar surface area (TPSA) is 42.0 Å². The Morgan fingerprint density at radius 1 is 1.14 bits per heavy atom. The van der Waals surface area contributed by atoms with Gasteiger partial charge in [0, 0.05) is 31.1 Å². The van der Waals surface area contributed by atoms with E-state index in [0.29, 0.717) is 18.1 Å². The number of ether oxygens (including phenoxy) is 2. The monoisotopic (exact) mass is 414 g/mol. The van der Waals surface area contributed by atoms with Gasteiger partial charge in [0.1, 0.15) is 0 Å². The zero-order valence-corrected chi connectivity index (χ0v) is 18.2. The molecule has 4 rings (SSSR count). The van der Waals surface area contributed by atoms with Crippen molar-refractivity contribution in [3.8, 4) is 11.5 Å². The van der Waals surface area contributed by atoms with Crippen LogP contribution in [-0.2, 0) is 24.1 Å². The largest absolute Gasteiger partial charge is 0.493 e. The van der Waals surface area contributed by atoms with Crippen molar-refractivity contribution < 1.29 is 14.3 Å². The number of thiophene rings is 1. The van der Waals surface area contributed by atoms with Crippen LogP contribution in [-0.4, -0.2) is 62.7 Å². The molecule has 1 unspecified atom stereocenters. The van der Waals surface area contributed by atoms with Crippen LogP contribution in [0.4, 0.5) is 0 Å². The van der Waals surface area contributed by atoms with Crippen molar-refractivity contribution in [1.82, 2.24) is 9.80 Å². The molecule has 5 nitrogen and oxygen atoms in total. The number of methoxy groups -OCH3 is 2. The van der Waals surface area contributed by atoms with Gasteiger partial charge in [0.2, 0.25) is 5.91 Å². The van der Waals surface area contributed by atoms with Crippen molar-refractivity contribution in [2.24, 2.45) is 5.92 Å². The molecule has 1 amide bonds. The molecule has 0 saturated carbocycles. The average Bonchev–Trinajstić information content (AvgIpc) is 3.38. The van der Waals surface area contributed by atoms with Gasteiger partial charge in [-0.05, 0) is 66.4 Å². The van der Waals surface area contributed by atoms with E-state index in [4.69, 9.17) is 9.47 Å². The van der Waals surface area contributed by atoms with E-state index in [9.17, 15) is 4.79 Å². The van der Waals surface area contributed by atoms with Crippen LogP contribution in [0.1, 0.15) is 22.4 Å². The third-order valence-electron chi connectivity index (χ3n) is 6.15. The van der Waals surface area contributed by atoms with Gasteiger partial charge < -0.3 is 19.3 Å². The molecule has 1 saturated heterocycles. The number of hydrogen-bond donors (Lipinski definition) is 0. The lowest BCUT2D eigenvalue weighted by atomic mass is 10.0. The molecule has 1 atom stereocenters. The summed E-state index contributed by atoms with van der Waals surface area (Å²) in [6.07, 6.45) is 3.63. The fourth-order valence-electron chi connectivity index (χ4n) is 4.51. The van der Waals surface area contributed by atoms with Crippen molar-refractivity contribution in [2.45, 2.75) is 25.7 Å². The molecule has 156 valence electrons. The van der Waals surface area contributed by atoms with Gasteiger partial charge >= 0.3 is 0 Å². The standard InChI is InChI=1S/C23H30N2O3S/c1-27-21-12-18-6-10-25(23(26)14-19(18)13-22(21)28-2)16-17-5-8-24(15-17)9-7-20-4-3-11-29-20/h3-4,11-13,17H,5-10,14-16H2,1-2H3. The van der Waals surface area contributed by atoms with Crippen molar-refractivity contribution >= 4 is 17.2 Å². The van der Waals surface area contributed by atoms with Crippen LogP contribution >= 0.6 is 11.3 Å². The Morgan fingerprint density at radius 2 is 1.93 bits per heavy atom. The predicted octanol–water partition coefficient (Wildman–Crippen LogP) is 3.26. The summed E-state index contributed by atoms with van der Waals surface area (Å²) in [5, 5.41) is 2.15. The molecular formula is C23H30N2O3S. The smallest absolute Gasteiger partial charge is 0.227 e. The highest BCUT2D eigenvalue weighted by Crippen LogP contribution is 2.32. The molecule has 0 N–H and O–H groups in total. The summed E-state index contributed by atoms with van der Waals surface area (Å²) in [4.78, 5) is 19.0. The van der Waals surface area contributed by atoms with E-state index in [1.807, 2.05) is 23.5 Å². The summed E-state index contributed by atoms with van der Waals surface area (Å²) in [5.74, 6) is 2.24. The van der Waals surface area contributed by atoms with E-state index >= 15 is 0 Å². The SMILES string of the molecule is COc1cc2c(cc1OC)CC(=O)N(CC1CCN(CCc3cccs3)C1)CC2. The number of nitrogens with zero attached hydrogens (tertiary/aromatic N) is 2. The first-order chi connectivity index (χ1) is 14.2. The van der Waals surface area contributed by atoms with Crippen LogP contribution in [0.3, 0.4) is 0 Å². The maximum Gasteiger partial charge on any atom is 0.227 e. The number of likely N-dealkylation sites (tertiary alicyclic amines) is 1. The molecule has 2 aliphatic rings. The normalized spacial score (nSPS) is 19.9. The summed E-state index contributed by atoms with van der Waals surface area (Å²) in [5.41, 5.74) is 2.27. The molecule has 3 heterocycles. The number of fused-ring (bicyclic) bond motifs is 1. The molecule has 6 heteroatoms. The predicted molar refractivity (Wildman–Crippen MR) is 116 cm³/mol. The number of carbonyl (C=O) groups is 1. The lowest BCUT2D eigenvalue weighted by Crippen LogP contribution is -2.37. The number of rotatable bonds is 7. The van der Waals surface area contributed by atoms with E-state index in [2.05, 4.69) is 27.3 Å². The molecule has 0 radical (unpaired) electrons. The van der Waals surface area contributed by atoms with E-state index in [0.717, 1.165) is 56.9 Å². The van der Waals surface area contributed by atoms with Gasteiger partial charge in [-0.15, -0.1) is 11.3 Å². The lowest BCUT2D eigenvalue weighted by Gasteiger charge is -2.24. The summed E-state index contributed by atoms with van der Waals surface area (Å²) >= 11 is 1.84. The van der Waals surface area contributed by atoms with Gasteiger partial charge in [-0.25, -0.2) is 0 Å². The Labute approximate surface area is 177 Å². The van der Waals surface area contributed by atoms with E-state index < -0.39 is 0 Å². The fourth-order valence-corrected chi connectivity index (χ4v) is 5.21. The number of carbonyl (C=O) groups excluding carboxylic acids is 1. The van der Waals surface area contributed by atoms with E-state index in [1.165, 1.54) is 16.9 Å². The van der Waals surface area contributed by atoms with Crippen molar-refractivity contribution in [1.29, 1.82) is 0 Å². The Balaban J connectivity index is 1.33. The zero-order chi connectivity index (χ0) is 20.2. The fraction of sp³-hybridized carbons (Fsp3) is 0.522. The highest BCUT2D eigenvalue weighted by Gasteiger charge is 2.28. The molecule has 0 bridgehead atoms. The average molecular weight is 415 g/mol. The van der Waals surface area contributed by atoms with Gasteiger partial charge in [-0.2, -0.15) is 0 Å². The van der Waals surface area contributed by atoms with Gasteiger partial charge in [0.05, 0.1) is 20.6 Å². The second-order valence-electron chi connectivity index (χ2n) is 8.03.